The lowest BCUT2D eigenvalue weighted by molar-refractivity contribution is -0.142. The summed E-state index contributed by atoms with van der Waals surface area (Å²) in [5.74, 6) is -1.09. The van der Waals surface area contributed by atoms with Crippen LogP contribution in [0.3, 0.4) is 0 Å². The second-order valence-electron chi connectivity index (χ2n) is 4.10. The van der Waals surface area contributed by atoms with Crippen molar-refractivity contribution in [2.75, 3.05) is 0 Å². The Labute approximate surface area is 103 Å². The molecule has 0 aliphatic heterocycles. The molecule has 17 heavy (non-hydrogen) atoms. The molecular formula is C10H15N3O3S. The van der Waals surface area contributed by atoms with Gasteiger partial charge in [0.25, 0.3) is 0 Å². The number of aliphatic carboxylic acids is 1. The molecule has 0 unspecified atom stereocenters. The van der Waals surface area contributed by atoms with Crippen molar-refractivity contribution in [2.45, 2.75) is 32.9 Å². The fourth-order valence-electron chi connectivity index (χ4n) is 1.02. The van der Waals surface area contributed by atoms with E-state index >= 15 is 0 Å². The number of thiazole rings is 1. The molecule has 94 valence electrons. The standard InChI is InChI=1S/C10H15N3O3S/c1-6-4-11-7(17-6)5-12-9(16)13-10(2,3)8(14)15/h4H,5H2,1-3H3,(H,14,15)(H2,12,13,16). The predicted octanol–water partition coefficient (Wildman–Crippen LogP) is 1.11. The van der Waals surface area contributed by atoms with E-state index in [1.807, 2.05) is 6.92 Å². The highest BCUT2D eigenvalue weighted by Gasteiger charge is 2.28. The fourth-order valence-corrected chi connectivity index (χ4v) is 1.75. The molecule has 0 bridgehead atoms. The molecule has 0 aliphatic rings. The molecule has 1 aromatic heterocycles. The first-order valence-corrected chi connectivity index (χ1v) is 5.83. The maximum absolute atomic E-state index is 11.4. The van der Waals surface area contributed by atoms with E-state index in [4.69, 9.17) is 5.11 Å². The van der Waals surface area contributed by atoms with Crippen molar-refractivity contribution in [1.29, 1.82) is 0 Å². The minimum Gasteiger partial charge on any atom is -0.480 e. The van der Waals surface area contributed by atoms with Crippen LogP contribution in [-0.4, -0.2) is 27.6 Å². The lowest BCUT2D eigenvalue weighted by atomic mass is 10.1. The SMILES string of the molecule is Cc1cnc(CNC(=O)NC(C)(C)C(=O)O)s1. The van der Waals surface area contributed by atoms with Gasteiger partial charge in [0.2, 0.25) is 0 Å². The van der Waals surface area contributed by atoms with E-state index in [2.05, 4.69) is 15.6 Å². The van der Waals surface area contributed by atoms with Crippen molar-refractivity contribution in [1.82, 2.24) is 15.6 Å². The van der Waals surface area contributed by atoms with Crippen LogP contribution in [-0.2, 0) is 11.3 Å². The normalized spacial score (nSPS) is 11.0. The monoisotopic (exact) mass is 257 g/mol. The number of rotatable bonds is 4. The molecule has 2 amide bonds. The highest BCUT2D eigenvalue weighted by atomic mass is 32.1. The van der Waals surface area contributed by atoms with Gasteiger partial charge in [0.15, 0.2) is 0 Å². The second-order valence-corrected chi connectivity index (χ2v) is 5.42. The van der Waals surface area contributed by atoms with Gasteiger partial charge in [-0.3, -0.25) is 0 Å². The van der Waals surface area contributed by atoms with Crippen LogP contribution in [0.2, 0.25) is 0 Å². The van der Waals surface area contributed by atoms with E-state index in [0.717, 1.165) is 9.88 Å². The van der Waals surface area contributed by atoms with Crippen molar-refractivity contribution >= 4 is 23.3 Å². The van der Waals surface area contributed by atoms with Crippen LogP contribution >= 0.6 is 11.3 Å². The number of hydrogen-bond acceptors (Lipinski definition) is 4. The quantitative estimate of drug-likeness (QED) is 0.753. The third-order valence-corrected chi connectivity index (χ3v) is 2.94. The Morgan fingerprint density at radius 2 is 2.18 bits per heavy atom. The molecule has 0 aliphatic carbocycles. The van der Waals surface area contributed by atoms with E-state index in [9.17, 15) is 9.59 Å². The molecule has 0 aromatic carbocycles. The van der Waals surface area contributed by atoms with E-state index < -0.39 is 17.5 Å². The summed E-state index contributed by atoms with van der Waals surface area (Å²) in [5, 5.41) is 14.5. The Balaban J connectivity index is 2.43. The molecule has 0 spiro atoms. The third kappa shape index (κ3) is 4.03. The summed E-state index contributed by atoms with van der Waals surface area (Å²) in [5.41, 5.74) is -1.29. The van der Waals surface area contributed by atoms with E-state index in [1.54, 1.807) is 6.20 Å². The van der Waals surface area contributed by atoms with E-state index in [0.29, 0.717) is 6.54 Å². The zero-order valence-corrected chi connectivity index (χ0v) is 10.7. The van der Waals surface area contributed by atoms with Crippen LogP contribution in [0.25, 0.3) is 0 Å². The average Bonchev–Trinajstić information content (AvgIpc) is 2.60. The van der Waals surface area contributed by atoms with Gasteiger partial charge >= 0.3 is 12.0 Å². The van der Waals surface area contributed by atoms with Gasteiger partial charge in [0.1, 0.15) is 10.5 Å². The van der Waals surface area contributed by atoms with Crippen molar-refractivity contribution in [3.8, 4) is 0 Å². The van der Waals surface area contributed by atoms with Crippen molar-refractivity contribution in [3.63, 3.8) is 0 Å². The lowest BCUT2D eigenvalue weighted by Gasteiger charge is -2.20. The molecule has 0 saturated carbocycles. The molecule has 1 heterocycles. The third-order valence-electron chi connectivity index (χ3n) is 2.03. The number of carboxylic acids is 1. The number of aryl methyl sites for hydroxylation is 1. The summed E-state index contributed by atoms with van der Waals surface area (Å²) in [6.07, 6.45) is 1.72. The van der Waals surface area contributed by atoms with Gasteiger partial charge in [-0.25, -0.2) is 14.6 Å². The predicted molar refractivity (Wildman–Crippen MR) is 63.9 cm³/mol. The zero-order valence-electron chi connectivity index (χ0n) is 9.90. The summed E-state index contributed by atoms with van der Waals surface area (Å²) in [4.78, 5) is 27.4. The number of carbonyl (C=O) groups is 2. The molecular weight excluding hydrogens is 242 g/mol. The van der Waals surface area contributed by atoms with Crippen LogP contribution in [0.5, 0.6) is 0 Å². The molecule has 1 rings (SSSR count). The molecule has 0 atom stereocenters. The Morgan fingerprint density at radius 1 is 1.53 bits per heavy atom. The Hall–Kier alpha value is -1.63. The summed E-state index contributed by atoms with van der Waals surface area (Å²) >= 11 is 1.48. The molecule has 3 N–H and O–H groups in total. The maximum Gasteiger partial charge on any atom is 0.328 e. The van der Waals surface area contributed by atoms with Crippen molar-refractivity contribution in [3.05, 3.63) is 16.1 Å². The molecule has 1 aromatic rings. The number of hydrogen-bond donors (Lipinski definition) is 3. The number of amides is 2. The van der Waals surface area contributed by atoms with E-state index in [-0.39, 0.29) is 0 Å². The zero-order chi connectivity index (χ0) is 13.1. The number of carboxylic acid groups (broad SMARTS) is 1. The smallest absolute Gasteiger partial charge is 0.328 e. The first-order valence-electron chi connectivity index (χ1n) is 5.02. The molecule has 7 heteroatoms. The number of aromatic nitrogens is 1. The molecule has 6 nitrogen and oxygen atoms in total. The van der Waals surface area contributed by atoms with Gasteiger partial charge in [-0.2, -0.15) is 0 Å². The lowest BCUT2D eigenvalue weighted by Crippen LogP contribution is -2.52. The van der Waals surface area contributed by atoms with Gasteiger partial charge < -0.3 is 15.7 Å². The van der Waals surface area contributed by atoms with Gasteiger partial charge in [-0.15, -0.1) is 11.3 Å². The Bertz CT molecular complexity index is 428. The number of nitrogens with zero attached hydrogens (tertiary/aromatic N) is 1. The molecule has 0 fully saturated rings. The Morgan fingerprint density at radius 3 is 2.65 bits per heavy atom. The largest absolute Gasteiger partial charge is 0.480 e. The summed E-state index contributed by atoms with van der Waals surface area (Å²) in [6.45, 7) is 5.06. The first kappa shape index (κ1) is 13.4. The van der Waals surface area contributed by atoms with Crippen LogP contribution in [0, 0.1) is 6.92 Å². The fraction of sp³-hybridized carbons (Fsp3) is 0.500. The topological polar surface area (TPSA) is 91.3 Å². The number of carbonyl (C=O) groups excluding carboxylic acids is 1. The highest BCUT2D eigenvalue weighted by Crippen LogP contribution is 2.10. The number of nitrogens with one attached hydrogen (secondary N) is 2. The van der Waals surface area contributed by atoms with Gasteiger partial charge in [-0.05, 0) is 20.8 Å². The summed E-state index contributed by atoms with van der Waals surface area (Å²) in [7, 11) is 0. The maximum atomic E-state index is 11.4. The van der Waals surface area contributed by atoms with Gasteiger partial charge in [0, 0.05) is 11.1 Å². The summed E-state index contributed by atoms with van der Waals surface area (Å²) < 4.78 is 0. The number of urea groups is 1. The van der Waals surface area contributed by atoms with Crippen molar-refractivity contribution in [2.24, 2.45) is 0 Å². The first-order chi connectivity index (χ1) is 7.81. The molecule has 0 radical (unpaired) electrons. The van der Waals surface area contributed by atoms with E-state index in [1.165, 1.54) is 25.2 Å². The second kappa shape index (κ2) is 5.13. The van der Waals surface area contributed by atoms with Crippen LogP contribution in [0.1, 0.15) is 23.7 Å². The van der Waals surface area contributed by atoms with Crippen LogP contribution in [0.4, 0.5) is 4.79 Å². The van der Waals surface area contributed by atoms with Crippen LogP contribution in [0.15, 0.2) is 6.20 Å². The minimum absolute atomic E-state index is 0.292. The van der Waals surface area contributed by atoms with Gasteiger partial charge in [-0.1, -0.05) is 0 Å². The van der Waals surface area contributed by atoms with Crippen molar-refractivity contribution < 1.29 is 14.7 Å². The molecule has 0 saturated heterocycles. The highest BCUT2D eigenvalue weighted by molar-refractivity contribution is 7.11. The Kier molecular flexibility index (Phi) is 4.06. The minimum atomic E-state index is -1.29. The summed E-state index contributed by atoms with van der Waals surface area (Å²) in [6, 6.07) is -0.523. The van der Waals surface area contributed by atoms with Crippen LogP contribution < -0.4 is 10.6 Å². The van der Waals surface area contributed by atoms with Gasteiger partial charge in [0.05, 0.1) is 6.54 Å². The average molecular weight is 257 g/mol.